The topological polar surface area (TPSA) is 98.7 Å². The molecular weight excluding hydrogens is 244 g/mol. The number of aromatic nitrogens is 4. The van der Waals surface area contributed by atoms with Crippen molar-refractivity contribution in [3.05, 3.63) is 5.82 Å². The van der Waals surface area contributed by atoms with Crippen molar-refractivity contribution in [2.24, 2.45) is 11.7 Å². The van der Waals surface area contributed by atoms with Crippen molar-refractivity contribution < 1.29 is 4.79 Å². The van der Waals surface area contributed by atoms with Crippen molar-refractivity contribution in [3.8, 4) is 0 Å². The first-order valence-electron chi connectivity index (χ1n) is 6.89. The standard InChI is InChI=1S/C12H22N6O/c1-8(2)18-11(15-16-17-18)7-14-10-6-4-3-5-9(10)12(13)19/h8-10,14H,3-7H2,1-2H3,(H2,13,19)/t9-,10-/m1/s1. The first kappa shape index (κ1) is 13.9. The zero-order chi connectivity index (χ0) is 13.8. The number of carbonyl (C=O) groups excluding carboxylic acids is 1. The second-order valence-electron chi connectivity index (χ2n) is 5.41. The molecule has 2 atom stereocenters. The normalized spacial score (nSPS) is 23.7. The van der Waals surface area contributed by atoms with Gasteiger partial charge in [0.15, 0.2) is 5.82 Å². The van der Waals surface area contributed by atoms with Gasteiger partial charge in [-0.25, -0.2) is 4.68 Å². The van der Waals surface area contributed by atoms with E-state index in [1.165, 1.54) is 0 Å². The first-order valence-corrected chi connectivity index (χ1v) is 6.89. The molecule has 1 aromatic heterocycles. The third kappa shape index (κ3) is 3.28. The molecule has 1 heterocycles. The molecule has 0 aliphatic heterocycles. The zero-order valence-corrected chi connectivity index (χ0v) is 11.5. The van der Waals surface area contributed by atoms with Crippen LogP contribution in [0.5, 0.6) is 0 Å². The fourth-order valence-corrected chi connectivity index (χ4v) is 2.67. The fraction of sp³-hybridized carbons (Fsp3) is 0.833. The van der Waals surface area contributed by atoms with Gasteiger partial charge in [0, 0.05) is 6.04 Å². The van der Waals surface area contributed by atoms with Crippen LogP contribution in [0.4, 0.5) is 0 Å². The summed E-state index contributed by atoms with van der Waals surface area (Å²) in [5.74, 6) is 0.515. The van der Waals surface area contributed by atoms with Gasteiger partial charge in [0.1, 0.15) is 0 Å². The number of rotatable bonds is 5. The Hall–Kier alpha value is -1.50. The summed E-state index contributed by atoms with van der Waals surface area (Å²) in [5, 5.41) is 15.1. The zero-order valence-electron chi connectivity index (χ0n) is 11.5. The summed E-state index contributed by atoms with van der Waals surface area (Å²) in [6.45, 7) is 4.64. The van der Waals surface area contributed by atoms with E-state index in [1.807, 2.05) is 13.8 Å². The minimum absolute atomic E-state index is 0.0721. The van der Waals surface area contributed by atoms with E-state index >= 15 is 0 Å². The number of amides is 1. The fourth-order valence-electron chi connectivity index (χ4n) is 2.67. The largest absolute Gasteiger partial charge is 0.369 e. The molecule has 0 spiro atoms. The molecule has 0 unspecified atom stereocenters. The van der Waals surface area contributed by atoms with E-state index in [2.05, 4.69) is 20.8 Å². The van der Waals surface area contributed by atoms with E-state index < -0.39 is 0 Å². The number of primary amides is 1. The molecule has 1 aliphatic carbocycles. The minimum atomic E-state index is -0.208. The third-order valence-corrected chi connectivity index (χ3v) is 3.70. The number of nitrogens with two attached hydrogens (primary N) is 1. The van der Waals surface area contributed by atoms with Gasteiger partial charge in [-0.05, 0) is 37.1 Å². The predicted octanol–water partition coefficient (Wildman–Crippen LogP) is 0.388. The van der Waals surface area contributed by atoms with Crippen molar-refractivity contribution in [3.63, 3.8) is 0 Å². The molecule has 7 nitrogen and oxygen atoms in total. The van der Waals surface area contributed by atoms with Gasteiger partial charge in [0.05, 0.1) is 18.5 Å². The van der Waals surface area contributed by atoms with Gasteiger partial charge >= 0.3 is 0 Å². The SMILES string of the molecule is CC(C)n1nnnc1CN[C@@H]1CCCC[C@H]1C(N)=O. The maximum atomic E-state index is 11.4. The van der Waals surface area contributed by atoms with E-state index in [1.54, 1.807) is 4.68 Å². The highest BCUT2D eigenvalue weighted by Gasteiger charge is 2.29. The highest BCUT2D eigenvalue weighted by molar-refractivity contribution is 5.77. The maximum absolute atomic E-state index is 11.4. The number of nitrogens with zero attached hydrogens (tertiary/aromatic N) is 4. The maximum Gasteiger partial charge on any atom is 0.222 e. The number of tetrazole rings is 1. The van der Waals surface area contributed by atoms with Crippen LogP contribution in [0.2, 0.25) is 0 Å². The number of hydrogen-bond acceptors (Lipinski definition) is 5. The van der Waals surface area contributed by atoms with E-state index in [4.69, 9.17) is 5.73 Å². The lowest BCUT2D eigenvalue weighted by Gasteiger charge is -2.30. The lowest BCUT2D eigenvalue weighted by atomic mass is 9.84. The van der Waals surface area contributed by atoms with Crippen molar-refractivity contribution in [1.29, 1.82) is 0 Å². The molecule has 0 radical (unpaired) electrons. The molecule has 1 fully saturated rings. The van der Waals surface area contributed by atoms with E-state index in [-0.39, 0.29) is 23.9 Å². The van der Waals surface area contributed by atoms with Crippen LogP contribution in [0.1, 0.15) is 51.4 Å². The Kier molecular flexibility index (Phi) is 4.47. The van der Waals surface area contributed by atoms with Crippen LogP contribution < -0.4 is 11.1 Å². The quantitative estimate of drug-likeness (QED) is 0.803. The van der Waals surface area contributed by atoms with E-state index in [0.717, 1.165) is 31.5 Å². The summed E-state index contributed by atoms with van der Waals surface area (Å²) >= 11 is 0. The molecule has 0 bridgehead atoms. The van der Waals surface area contributed by atoms with Gasteiger partial charge in [0.2, 0.25) is 5.91 Å². The van der Waals surface area contributed by atoms with Gasteiger partial charge in [0.25, 0.3) is 0 Å². The highest BCUT2D eigenvalue weighted by Crippen LogP contribution is 2.24. The van der Waals surface area contributed by atoms with Crippen molar-refractivity contribution in [2.75, 3.05) is 0 Å². The Morgan fingerprint density at radius 1 is 1.47 bits per heavy atom. The molecule has 2 rings (SSSR count). The van der Waals surface area contributed by atoms with Gasteiger partial charge in [-0.3, -0.25) is 4.79 Å². The Morgan fingerprint density at radius 2 is 2.21 bits per heavy atom. The molecule has 0 saturated heterocycles. The Labute approximate surface area is 112 Å². The first-order chi connectivity index (χ1) is 9.09. The summed E-state index contributed by atoms with van der Waals surface area (Å²) in [7, 11) is 0. The van der Waals surface area contributed by atoms with Gasteiger partial charge < -0.3 is 11.1 Å². The molecule has 7 heteroatoms. The molecule has 106 valence electrons. The number of hydrogen-bond donors (Lipinski definition) is 2. The van der Waals surface area contributed by atoms with Crippen LogP contribution in [0.15, 0.2) is 0 Å². The number of nitrogens with one attached hydrogen (secondary N) is 1. The third-order valence-electron chi connectivity index (χ3n) is 3.70. The predicted molar refractivity (Wildman–Crippen MR) is 70.0 cm³/mol. The summed E-state index contributed by atoms with van der Waals surface area (Å²) < 4.78 is 1.79. The average molecular weight is 266 g/mol. The highest BCUT2D eigenvalue weighted by atomic mass is 16.1. The van der Waals surface area contributed by atoms with Crippen LogP contribution in [-0.4, -0.2) is 32.2 Å². The van der Waals surface area contributed by atoms with E-state index in [9.17, 15) is 4.79 Å². The summed E-state index contributed by atoms with van der Waals surface area (Å²) in [6, 6.07) is 0.369. The molecule has 1 aliphatic rings. The molecule has 1 aromatic rings. The second kappa shape index (κ2) is 6.10. The molecule has 19 heavy (non-hydrogen) atoms. The van der Waals surface area contributed by atoms with Crippen LogP contribution in [0.25, 0.3) is 0 Å². The molecule has 1 saturated carbocycles. The number of carbonyl (C=O) groups is 1. The monoisotopic (exact) mass is 266 g/mol. The van der Waals surface area contributed by atoms with Gasteiger partial charge in [-0.15, -0.1) is 5.10 Å². The Bertz CT molecular complexity index is 430. The second-order valence-corrected chi connectivity index (χ2v) is 5.41. The molecule has 1 amide bonds. The lowest BCUT2D eigenvalue weighted by molar-refractivity contribution is -0.123. The van der Waals surface area contributed by atoms with Gasteiger partial charge in [-0.2, -0.15) is 0 Å². The average Bonchev–Trinajstić information content (AvgIpc) is 2.85. The summed E-state index contributed by atoms with van der Waals surface area (Å²) in [4.78, 5) is 11.4. The molecular formula is C12H22N6O. The van der Waals surface area contributed by atoms with Crippen molar-refractivity contribution in [1.82, 2.24) is 25.5 Å². The van der Waals surface area contributed by atoms with Crippen molar-refractivity contribution >= 4 is 5.91 Å². The Morgan fingerprint density at radius 3 is 2.89 bits per heavy atom. The van der Waals surface area contributed by atoms with Crippen LogP contribution >= 0.6 is 0 Å². The minimum Gasteiger partial charge on any atom is -0.369 e. The Balaban J connectivity index is 1.96. The van der Waals surface area contributed by atoms with Crippen LogP contribution in [0, 0.1) is 5.92 Å². The van der Waals surface area contributed by atoms with Gasteiger partial charge in [-0.1, -0.05) is 12.8 Å². The summed E-state index contributed by atoms with van der Waals surface area (Å²) in [5.41, 5.74) is 5.46. The summed E-state index contributed by atoms with van der Waals surface area (Å²) in [6.07, 6.45) is 4.07. The smallest absolute Gasteiger partial charge is 0.222 e. The van der Waals surface area contributed by atoms with Crippen LogP contribution in [-0.2, 0) is 11.3 Å². The van der Waals surface area contributed by atoms with Crippen molar-refractivity contribution in [2.45, 2.75) is 58.2 Å². The van der Waals surface area contributed by atoms with Crippen LogP contribution in [0.3, 0.4) is 0 Å². The lowest BCUT2D eigenvalue weighted by Crippen LogP contribution is -2.44. The molecule has 0 aromatic carbocycles. The van der Waals surface area contributed by atoms with E-state index in [0.29, 0.717) is 6.54 Å². The molecule has 3 N–H and O–H groups in total.